The van der Waals surface area contributed by atoms with Crippen molar-refractivity contribution in [3.8, 4) is 0 Å². The standard InChI is InChI=1S/C10H14N2O5S.ClH/c1-2-9(7(11)13)5-10(9,12-8(14)15)18(16,17)6-3-4-6;/h2,6,12H,1,3-5H2,(H2,11,13)(H,14,15);1H. The van der Waals surface area contributed by atoms with E-state index in [0.717, 1.165) is 6.08 Å². The van der Waals surface area contributed by atoms with Crippen molar-refractivity contribution in [2.45, 2.75) is 29.4 Å². The Bertz CT molecular complexity index is 544. The number of rotatable bonds is 5. The summed E-state index contributed by atoms with van der Waals surface area (Å²) in [7, 11) is -3.78. The molecule has 4 N–H and O–H groups in total. The van der Waals surface area contributed by atoms with Gasteiger partial charge in [0.2, 0.25) is 5.91 Å². The molecule has 0 aliphatic heterocycles. The summed E-state index contributed by atoms with van der Waals surface area (Å²) >= 11 is 0. The molecule has 0 radical (unpaired) electrons. The molecule has 0 bridgehead atoms. The lowest BCUT2D eigenvalue weighted by atomic mass is 10.1. The van der Waals surface area contributed by atoms with Crippen LogP contribution in [0.5, 0.6) is 0 Å². The van der Waals surface area contributed by atoms with E-state index in [2.05, 4.69) is 6.58 Å². The number of nitrogens with one attached hydrogen (secondary N) is 1. The van der Waals surface area contributed by atoms with E-state index in [1.54, 1.807) is 0 Å². The normalized spacial score (nSPS) is 32.8. The molecule has 19 heavy (non-hydrogen) atoms. The van der Waals surface area contributed by atoms with Crippen molar-refractivity contribution in [1.82, 2.24) is 5.32 Å². The van der Waals surface area contributed by atoms with Crippen LogP contribution in [-0.2, 0) is 14.6 Å². The number of carboxylic acid groups (broad SMARTS) is 1. The largest absolute Gasteiger partial charge is 0.465 e. The van der Waals surface area contributed by atoms with Gasteiger partial charge < -0.3 is 16.2 Å². The van der Waals surface area contributed by atoms with Gasteiger partial charge in [-0.05, 0) is 12.8 Å². The first kappa shape index (κ1) is 15.8. The van der Waals surface area contributed by atoms with Crippen molar-refractivity contribution in [2.24, 2.45) is 11.1 Å². The molecule has 0 aromatic rings. The van der Waals surface area contributed by atoms with E-state index < -0.39 is 37.4 Å². The zero-order valence-electron chi connectivity index (χ0n) is 9.96. The summed E-state index contributed by atoms with van der Waals surface area (Å²) < 4.78 is 24.6. The minimum atomic E-state index is -3.78. The highest BCUT2D eigenvalue weighted by Gasteiger charge is 2.79. The summed E-state index contributed by atoms with van der Waals surface area (Å²) in [6.07, 6.45) is 0.424. The van der Waals surface area contributed by atoms with Crippen LogP contribution >= 0.6 is 12.4 Å². The van der Waals surface area contributed by atoms with E-state index in [9.17, 15) is 18.0 Å². The predicted octanol–water partition coefficient (Wildman–Crippen LogP) is 0.0107. The summed E-state index contributed by atoms with van der Waals surface area (Å²) in [4.78, 5) is 20.4. The maximum atomic E-state index is 12.3. The second-order valence-corrected chi connectivity index (χ2v) is 7.17. The Morgan fingerprint density at radius 3 is 2.21 bits per heavy atom. The van der Waals surface area contributed by atoms with Crippen LogP contribution < -0.4 is 11.1 Å². The molecule has 0 spiro atoms. The Morgan fingerprint density at radius 2 is 1.95 bits per heavy atom. The molecule has 2 unspecified atom stereocenters. The van der Waals surface area contributed by atoms with Crippen LogP contribution in [0.25, 0.3) is 0 Å². The number of primary amides is 1. The fourth-order valence-corrected chi connectivity index (χ4v) is 5.06. The Hall–Kier alpha value is -1.28. The number of carbonyl (C=O) groups is 2. The van der Waals surface area contributed by atoms with Crippen LogP contribution in [0, 0.1) is 5.41 Å². The van der Waals surface area contributed by atoms with Crippen molar-refractivity contribution >= 4 is 34.2 Å². The summed E-state index contributed by atoms with van der Waals surface area (Å²) in [5.41, 5.74) is 3.67. The Kier molecular flexibility index (Phi) is 3.64. The number of hydrogen-bond acceptors (Lipinski definition) is 4. The summed E-state index contributed by atoms with van der Waals surface area (Å²) in [6, 6.07) is 0. The average molecular weight is 311 g/mol. The zero-order chi connectivity index (χ0) is 13.8. The van der Waals surface area contributed by atoms with Gasteiger partial charge in [-0.1, -0.05) is 6.08 Å². The first-order chi connectivity index (χ1) is 8.23. The quantitative estimate of drug-likeness (QED) is 0.616. The van der Waals surface area contributed by atoms with Gasteiger partial charge in [-0.2, -0.15) is 0 Å². The van der Waals surface area contributed by atoms with Crippen LogP contribution in [0.15, 0.2) is 12.7 Å². The molecular formula is C10H15ClN2O5S. The highest BCUT2D eigenvalue weighted by atomic mass is 35.5. The van der Waals surface area contributed by atoms with Gasteiger partial charge in [0.25, 0.3) is 0 Å². The molecule has 0 heterocycles. The molecule has 0 aromatic heterocycles. The predicted molar refractivity (Wildman–Crippen MR) is 69.5 cm³/mol. The highest BCUT2D eigenvalue weighted by molar-refractivity contribution is 7.94. The smallest absolute Gasteiger partial charge is 0.405 e. The molecule has 0 saturated heterocycles. The van der Waals surface area contributed by atoms with E-state index in [1.807, 2.05) is 5.32 Å². The molecule has 9 heteroatoms. The Labute approximate surface area is 116 Å². The van der Waals surface area contributed by atoms with E-state index >= 15 is 0 Å². The van der Waals surface area contributed by atoms with Crippen molar-refractivity contribution in [3.63, 3.8) is 0 Å². The minimum Gasteiger partial charge on any atom is -0.465 e. The topological polar surface area (TPSA) is 127 Å². The lowest BCUT2D eigenvalue weighted by Gasteiger charge is -2.21. The molecule has 0 aromatic carbocycles. The molecular weight excluding hydrogens is 296 g/mol. The number of amides is 2. The van der Waals surface area contributed by atoms with Crippen LogP contribution in [0.4, 0.5) is 4.79 Å². The van der Waals surface area contributed by atoms with Crippen LogP contribution in [-0.4, -0.2) is 35.6 Å². The first-order valence-corrected chi connectivity index (χ1v) is 6.96. The van der Waals surface area contributed by atoms with Gasteiger partial charge in [0.1, 0.15) is 5.41 Å². The highest BCUT2D eigenvalue weighted by Crippen LogP contribution is 2.62. The van der Waals surface area contributed by atoms with Crippen molar-refractivity contribution in [3.05, 3.63) is 12.7 Å². The summed E-state index contributed by atoms with van der Waals surface area (Å²) in [5.74, 6) is -0.879. The lowest BCUT2D eigenvalue weighted by Crippen LogP contribution is -2.51. The average Bonchev–Trinajstić information content (AvgIpc) is 3.11. The van der Waals surface area contributed by atoms with Crippen LogP contribution in [0.3, 0.4) is 0 Å². The van der Waals surface area contributed by atoms with Gasteiger partial charge in [-0.25, -0.2) is 13.2 Å². The summed E-state index contributed by atoms with van der Waals surface area (Å²) in [6.45, 7) is 3.41. The van der Waals surface area contributed by atoms with Crippen molar-refractivity contribution < 1.29 is 23.1 Å². The van der Waals surface area contributed by atoms with E-state index in [1.165, 1.54) is 0 Å². The van der Waals surface area contributed by atoms with Gasteiger partial charge in [0, 0.05) is 6.42 Å². The maximum absolute atomic E-state index is 12.3. The molecule has 7 nitrogen and oxygen atoms in total. The van der Waals surface area contributed by atoms with Gasteiger partial charge in [0.05, 0.1) is 5.25 Å². The van der Waals surface area contributed by atoms with E-state index in [-0.39, 0.29) is 18.8 Å². The molecule has 2 atom stereocenters. The van der Waals surface area contributed by atoms with Crippen molar-refractivity contribution in [2.75, 3.05) is 0 Å². The fourth-order valence-electron chi connectivity index (χ4n) is 2.39. The van der Waals surface area contributed by atoms with E-state index in [4.69, 9.17) is 10.8 Å². The van der Waals surface area contributed by atoms with Crippen LogP contribution in [0.1, 0.15) is 19.3 Å². The van der Waals surface area contributed by atoms with Gasteiger partial charge in [-0.3, -0.25) is 4.79 Å². The molecule has 2 rings (SSSR count). The second-order valence-electron chi connectivity index (χ2n) is 4.72. The molecule has 2 saturated carbocycles. The second kappa shape index (κ2) is 4.38. The summed E-state index contributed by atoms with van der Waals surface area (Å²) in [5, 5.41) is 10.2. The lowest BCUT2D eigenvalue weighted by molar-refractivity contribution is -0.121. The van der Waals surface area contributed by atoms with Gasteiger partial charge >= 0.3 is 6.09 Å². The number of hydrogen-bond donors (Lipinski definition) is 3. The number of halogens is 1. The third-order valence-electron chi connectivity index (χ3n) is 3.67. The third-order valence-corrected chi connectivity index (χ3v) is 6.60. The molecule has 2 fully saturated rings. The number of sulfone groups is 1. The number of carbonyl (C=O) groups excluding carboxylic acids is 1. The SMILES string of the molecule is C=CC1(C(N)=O)CC1(NC(=O)O)S(=O)(=O)C1CC1.Cl. The van der Waals surface area contributed by atoms with Crippen LogP contribution in [0.2, 0.25) is 0 Å². The Morgan fingerprint density at radius 1 is 1.42 bits per heavy atom. The molecule has 108 valence electrons. The van der Waals surface area contributed by atoms with Crippen molar-refractivity contribution in [1.29, 1.82) is 0 Å². The van der Waals surface area contributed by atoms with E-state index in [0.29, 0.717) is 12.8 Å². The zero-order valence-corrected chi connectivity index (χ0v) is 11.6. The Balaban J connectivity index is 0.00000180. The van der Waals surface area contributed by atoms with Gasteiger partial charge in [0.15, 0.2) is 14.7 Å². The molecule has 2 amide bonds. The molecule has 2 aliphatic rings. The fraction of sp³-hybridized carbons (Fsp3) is 0.600. The maximum Gasteiger partial charge on any atom is 0.405 e. The molecule has 2 aliphatic carbocycles. The number of nitrogens with two attached hydrogens (primary N) is 1. The monoisotopic (exact) mass is 310 g/mol. The minimum absolute atomic E-state index is 0. The first-order valence-electron chi connectivity index (χ1n) is 5.41. The third kappa shape index (κ3) is 1.90. The van der Waals surface area contributed by atoms with Gasteiger partial charge in [-0.15, -0.1) is 19.0 Å².